The second kappa shape index (κ2) is 8.57. The molecule has 30 heavy (non-hydrogen) atoms. The van der Waals surface area contributed by atoms with E-state index in [0.717, 1.165) is 28.2 Å². The van der Waals surface area contributed by atoms with E-state index in [2.05, 4.69) is 15.3 Å². The Labute approximate surface area is 175 Å². The van der Waals surface area contributed by atoms with Crippen LogP contribution in [0.5, 0.6) is 5.75 Å². The van der Waals surface area contributed by atoms with Gasteiger partial charge in [0.25, 0.3) is 0 Å². The van der Waals surface area contributed by atoms with Crippen LogP contribution in [0.4, 0.5) is 0 Å². The molecule has 1 aromatic heterocycles. The Morgan fingerprint density at radius 3 is 2.73 bits per heavy atom. The SMILES string of the molecule is CCC(NC(=O)C1CC(=O)N(Cc2ccc(OC)cc2)C1)c1nc2ccccc2[nH]1. The number of aromatic amines is 1. The topological polar surface area (TPSA) is 87.3 Å². The van der Waals surface area contributed by atoms with Crippen molar-refractivity contribution in [3.05, 3.63) is 59.9 Å². The van der Waals surface area contributed by atoms with Gasteiger partial charge >= 0.3 is 0 Å². The van der Waals surface area contributed by atoms with Crippen LogP contribution in [0.25, 0.3) is 11.0 Å². The first-order chi connectivity index (χ1) is 14.6. The van der Waals surface area contributed by atoms with Gasteiger partial charge in [-0.3, -0.25) is 9.59 Å². The molecule has 0 bridgehead atoms. The number of amides is 2. The number of carbonyl (C=O) groups is 2. The lowest BCUT2D eigenvalue weighted by Crippen LogP contribution is -2.35. The molecular weight excluding hydrogens is 380 g/mol. The number of nitrogens with zero attached hydrogens (tertiary/aromatic N) is 2. The summed E-state index contributed by atoms with van der Waals surface area (Å²) in [4.78, 5) is 35.0. The van der Waals surface area contributed by atoms with Crippen molar-refractivity contribution < 1.29 is 14.3 Å². The predicted octanol–water partition coefficient (Wildman–Crippen LogP) is 3.19. The van der Waals surface area contributed by atoms with Crippen molar-refractivity contribution in [3.63, 3.8) is 0 Å². The van der Waals surface area contributed by atoms with Crippen LogP contribution in [0.2, 0.25) is 0 Å². The van der Waals surface area contributed by atoms with Crippen molar-refractivity contribution in [3.8, 4) is 5.75 Å². The lowest BCUT2D eigenvalue weighted by Gasteiger charge is -2.19. The Kier molecular flexibility index (Phi) is 5.70. The number of hydrogen-bond acceptors (Lipinski definition) is 4. The average molecular weight is 406 g/mol. The number of hydrogen-bond donors (Lipinski definition) is 2. The van der Waals surface area contributed by atoms with E-state index < -0.39 is 0 Å². The first-order valence-corrected chi connectivity index (χ1v) is 10.2. The van der Waals surface area contributed by atoms with Gasteiger partial charge in [-0.15, -0.1) is 0 Å². The van der Waals surface area contributed by atoms with E-state index in [1.165, 1.54) is 0 Å². The predicted molar refractivity (Wildman–Crippen MR) is 114 cm³/mol. The fourth-order valence-corrected chi connectivity index (χ4v) is 3.84. The van der Waals surface area contributed by atoms with Crippen LogP contribution in [0.15, 0.2) is 48.5 Å². The number of carbonyl (C=O) groups excluding carboxylic acids is 2. The highest BCUT2D eigenvalue weighted by Crippen LogP contribution is 2.24. The Morgan fingerprint density at radius 2 is 2.03 bits per heavy atom. The van der Waals surface area contributed by atoms with E-state index in [0.29, 0.717) is 19.5 Å². The van der Waals surface area contributed by atoms with Crippen LogP contribution in [-0.4, -0.2) is 40.3 Å². The molecule has 2 aromatic carbocycles. The Balaban J connectivity index is 1.39. The molecule has 1 fully saturated rings. The van der Waals surface area contributed by atoms with Gasteiger partial charge in [-0.05, 0) is 36.2 Å². The Hall–Kier alpha value is -3.35. The molecule has 4 rings (SSSR count). The zero-order valence-corrected chi connectivity index (χ0v) is 17.2. The maximum Gasteiger partial charge on any atom is 0.226 e. The molecular formula is C23H26N4O3. The van der Waals surface area contributed by atoms with Gasteiger partial charge in [0.15, 0.2) is 0 Å². The molecule has 2 N–H and O–H groups in total. The second-order valence-electron chi connectivity index (χ2n) is 7.63. The quantitative estimate of drug-likeness (QED) is 0.631. The molecule has 3 aromatic rings. The zero-order valence-electron chi connectivity index (χ0n) is 17.2. The third-order valence-corrected chi connectivity index (χ3v) is 5.58. The molecule has 2 heterocycles. The number of rotatable bonds is 7. The number of para-hydroxylation sites is 2. The molecule has 0 spiro atoms. The fraction of sp³-hybridized carbons (Fsp3) is 0.348. The van der Waals surface area contributed by atoms with Crippen molar-refractivity contribution in [2.45, 2.75) is 32.4 Å². The van der Waals surface area contributed by atoms with E-state index in [1.807, 2.05) is 55.5 Å². The monoisotopic (exact) mass is 406 g/mol. The third-order valence-electron chi connectivity index (χ3n) is 5.58. The molecule has 0 saturated carbocycles. The number of fused-ring (bicyclic) bond motifs is 1. The number of aromatic nitrogens is 2. The van der Waals surface area contributed by atoms with Crippen LogP contribution in [-0.2, 0) is 16.1 Å². The summed E-state index contributed by atoms with van der Waals surface area (Å²) < 4.78 is 5.17. The molecule has 2 unspecified atom stereocenters. The average Bonchev–Trinajstić information content (AvgIpc) is 3.36. The smallest absolute Gasteiger partial charge is 0.226 e. The van der Waals surface area contributed by atoms with Crippen molar-refractivity contribution >= 4 is 22.8 Å². The lowest BCUT2D eigenvalue weighted by molar-refractivity contribution is -0.129. The van der Waals surface area contributed by atoms with E-state index >= 15 is 0 Å². The van der Waals surface area contributed by atoms with Crippen LogP contribution in [0.3, 0.4) is 0 Å². The summed E-state index contributed by atoms with van der Waals surface area (Å²) in [5.41, 5.74) is 2.84. The van der Waals surface area contributed by atoms with Gasteiger partial charge in [0, 0.05) is 19.5 Å². The minimum absolute atomic E-state index is 0.00255. The summed E-state index contributed by atoms with van der Waals surface area (Å²) in [6.45, 7) is 2.93. The highest BCUT2D eigenvalue weighted by atomic mass is 16.5. The van der Waals surface area contributed by atoms with E-state index in [9.17, 15) is 9.59 Å². The Bertz CT molecular complexity index is 1010. The third kappa shape index (κ3) is 4.15. The lowest BCUT2D eigenvalue weighted by atomic mass is 10.1. The summed E-state index contributed by atoms with van der Waals surface area (Å²) in [6.07, 6.45) is 0.945. The molecule has 2 atom stereocenters. The van der Waals surface area contributed by atoms with Crippen LogP contribution in [0.1, 0.15) is 37.2 Å². The van der Waals surface area contributed by atoms with Gasteiger partial charge in [-0.25, -0.2) is 4.98 Å². The van der Waals surface area contributed by atoms with Gasteiger partial charge in [0.1, 0.15) is 11.6 Å². The minimum atomic E-state index is -0.353. The van der Waals surface area contributed by atoms with Crippen LogP contribution < -0.4 is 10.1 Å². The highest BCUT2D eigenvalue weighted by molar-refractivity contribution is 5.89. The van der Waals surface area contributed by atoms with Crippen molar-refractivity contribution in [2.24, 2.45) is 5.92 Å². The van der Waals surface area contributed by atoms with E-state index in [1.54, 1.807) is 12.0 Å². The summed E-state index contributed by atoms with van der Waals surface area (Å²) >= 11 is 0. The van der Waals surface area contributed by atoms with Gasteiger partial charge in [-0.1, -0.05) is 31.2 Å². The Morgan fingerprint density at radius 1 is 1.27 bits per heavy atom. The van der Waals surface area contributed by atoms with Crippen molar-refractivity contribution in [1.82, 2.24) is 20.2 Å². The maximum atomic E-state index is 12.9. The standard InChI is InChI=1S/C23H26N4O3/c1-3-18(22-24-19-6-4-5-7-20(19)25-22)26-23(29)16-12-21(28)27(14-16)13-15-8-10-17(30-2)11-9-15/h4-11,16,18H,3,12-14H2,1-2H3,(H,24,25)(H,26,29). The first kappa shape index (κ1) is 19.9. The summed E-state index contributed by atoms with van der Waals surface area (Å²) in [7, 11) is 1.62. The second-order valence-corrected chi connectivity index (χ2v) is 7.63. The number of methoxy groups -OCH3 is 1. The van der Waals surface area contributed by atoms with Crippen molar-refractivity contribution in [2.75, 3.05) is 13.7 Å². The zero-order chi connectivity index (χ0) is 21.1. The first-order valence-electron chi connectivity index (χ1n) is 10.2. The number of H-pyrrole nitrogens is 1. The molecule has 1 aliphatic heterocycles. The van der Waals surface area contributed by atoms with Gasteiger partial charge in [0.05, 0.1) is 30.1 Å². The van der Waals surface area contributed by atoms with E-state index in [4.69, 9.17) is 4.74 Å². The summed E-state index contributed by atoms with van der Waals surface area (Å²) in [6, 6.07) is 15.2. The van der Waals surface area contributed by atoms with Crippen LogP contribution in [0, 0.1) is 5.92 Å². The van der Waals surface area contributed by atoms with Crippen molar-refractivity contribution in [1.29, 1.82) is 0 Å². The van der Waals surface area contributed by atoms with Gasteiger partial charge in [-0.2, -0.15) is 0 Å². The number of ether oxygens (including phenoxy) is 1. The fourth-order valence-electron chi connectivity index (χ4n) is 3.84. The molecule has 1 aliphatic rings. The number of likely N-dealkylation sites (tertiary alicyclic amines) is 1. The summed E-state index contributed by atoms with van der Waals surface area (Å²) in [5.74, 6) is 1.07. The molecule has 2 amide bonds. The largest absolute Gasteiger partial charge is 0.497 e. The van der Waals surface area contributed by atoms with Crippen LogP contribution >= 0.6 is 0 Å². The molecule has 0 aliphatic carbocycles. The molecule has 7 nitrogen and oxygen atoms in total. The van der Waals surface area contributed by atoms with Gasteiger partial charge in [0.2, 0.25) is 11.8 Å². The highest BCUT2D eigenvalue weighted by Gasteiger charge is 2.35. The molecule has 7 heteroatoms. The normalized spacial score (nSPS) is 17.3. The van der Waals surface area contributed by atoms with E-state index in [-0.39, 0.29) is 30.2 Å². The maximum absolute atomic E-state index is 12.9. The minimum Gasteiger partial charge on any atom is -0.497 e. The molecule has 0 radical (unpaired) electrons. The number of benzene rings is 2. The molecule has 156 valence electrons. The summed E-state index contributed by atoms with van der Waals surface area (Å²) in [5, 5.41) is 3.08. The number of nitrogens with one attached hydrogen (secondary N) is 2. The van der Waals surface area contributed by atoms with Gasteiger partial charge < -0.3 is 19.9 Å². The number of imidazole rings is 1. The molecule has 1 saturated heterocycles.